The molecule has 0 unspecified atom stereocenters. The molecule has 0 spiro atoms. The largest absolute Gasteiger partial charge is 0.483 e. The molecule has 0 bridgehead atoms. The van der Waals surface area contributed by atoms with Crippen molar-refractivity contribution in [2.24, 2.45) is 0 Å². The van der Waals surface area contributed by atoms with E-state index >= 15 is 0 Å². The molecule has 1 heterocycles. The van der Waals surface area contributed by atoms with E-state index in [0.29, 0.717) is 5.92 Å². The van der Waals surface area contributed by atoms with E-state index in [9.17, 15) is 4.79 Å². The third-order valence-corrected chi connectivity index (χ3v) is 5.27. The Balaban J connectivity index is 1.54. The maximum atomic E-state index is 12.5. The number of anilines is 1. The Labute approximate surface area is 171 Å². The van der Waals surface area contributed by atoms with Gasteiger partial charge in [-0.05, 0) is 48.7 Å². The Morgan fingerprint density at radius 2 is 1.69 bits per heavy atom. The molecule has 0 aliphatic carbocycles. The number of aromatic nitrogens is 1. The molecule has 4 rings (SSSR count). The molecule has 0 radical (unpaired) electrons. The summed E-state index contributed by atoms with van der Waals surface area (Å²) in [4.78, 5) is 12.5. The van der Waals surface area contributed by atoms with E-state index in [1.165, 1.54) is 16.4 Å². The highest BCUT2D eigenvalue weighted by Crippen LogP contribution is 2.31. The lowest BCUT2D eigenvalue weighted by Gasteiger charge is -2.13. The number of benzene rings is 3. The fourth-order valence-electron chi connectivity index (χ4n) is 3.90. The van der Waals surface area contributed by atoms with E-state index in [4.69, 9.17) is 4.74 Å². The van der Waals surface area contributed by atoms with Gasteiger partial charge in [-0.15, -0.1) is 0 Å². The second-order valence-electron chi connectivity index (χ2n) is 7.52. The number of para-hydroxylation sites is 2. The fraction of sp³-hybridized carbons (Fsp3) is 0.240. The number of nitrogens with zero attached hydrogens (tertiary/aromatic N) is 1. The first-order valence-corrected chi connectivity index (χ1v) is 10.1. The maximum absolute atomic E-state index is 12.5. The van der Waals surface area contributed by atoms with Gasteiger partial charge in [0.25, 0.3) is 5.91 Å². The van der Waals surface area contributed by atoms with Crippen LogP contribution in [0, 0.1) is 0 Å². The number of fused-ring (bicyclic) bond motifs is 3. The van der Waals surface area contributed by atoms with Crippen LogP contribution in [0.3, 0.4) is 0 Å². The Morgan fingerprint density at radius 3 is 2.48 bits per heavy atom. The van der Waals surface area contributed by atoms with Gasteiger partial charge in [-0.1, -0.05) is 50.2 Å². The van der Waals surface area contributed by atoms with Crippen LogP contribution >= 0.6 is 0 Å². The summed E-state index contributed by atoms with van der Waals surface area (Å²) in [5.74, 6) is 0.939. The van der Waals surface area contributed by atoms with Crippen molar-refractivity contribution in [1.82, 2.24) is 4.57 Å². The second kappa shape index (κ2) is 8.00. The number of aryl methyl sites for hydroxylation is 1. The van der Waals surface area contributed by atoms with Gasteiger partial charge in [-0.25, -0.2) is 0 Å². The predicted octanol–water partition coefficient (Wildman–Crippen LogP) is 5.96. The van der Waals surface area contributed by atoms with E-state index in [-0.39, 0.29) is 12.5 Å². The number of rotatable bonds is 6. The molecule has 4 heteroatoms. The Hall–Kier alpha value is -3.27. The number of amides is 1. The van der Waals surface area contributed by atoms with E-state index < -0.39 is 0 Å². The lowest BCUT2D eigenvalue weighted by atomic mass is 10.0. The van der Waals surface area contributed by atoms with Crippen LogP contribution in [0.2, 0.25) is 0 Å². The molecule has 0 saturated carbocycles. The van der Waals surface area contributed by atoms with Crippen LogP contribution in [0.4, 0.5) is 5.69 Å². The monoisotopic (exact) mass is 386 g/mol. The quantitative estimate of drug-likeness (QED) is 0.445. The molecule has 3 aromatic carbocycles. The molecule has 0 atom stereocenters. The summed E-state index contributed by atoms with van der Waals surface area (Å²) in [6.45, 7) is 7.26. The van der Waals surface area contributed by atoms with Gasteiger partial charge in [0.2, 0.25) is 0 Å². The second-order valence-corrected chi connectivity index (χ2v) is 7.52. The zero-order valence-electron chi connectivity index (χ0n) is 17.1. The van der Waals surface area contributed by atoms with Crippen LogP contribution < -0.4 is 10.1 Å². The maximum Gasteiger partial charge on any atom is 0.262 e. The van der Waals surface area contributed by atoms with Crippen molar-refractivity contribution in [3.8, 4) is 5.75 Å². The summed E-state index contributed by atoms with van der Waals surface area (Å²) in [7, 11) is 0. The third-order valence-electron chi connectivity index (χ3n) is 5.27. The van der Waals surface area contributed by atoms with Crippen LogP contribution in [0.25, 0.3) is 21.8 Å². The van der Waals surface area contributed by atoms with Crippen LogP contribution in [-0.4, -0.2) is 17.1 Å². The van der Waals surface area contributed by atoms with Crippen molar-refractivity contribution >= 4 is 33.4 Å². The van der Waals surface area contributed by atoms with Gasteiger partial charge in [-0.2, -0.15) is 0 Å². The molecule has 148 valence electrons. The lowest BCUT2D eigenvalue weighted by molar-refractivity contribution is -0.118. The first kappa shape index (κ1) is 19.1. The summed E-state index contributed by atoms with van der Waals surface area (Å²) in [6.07, 6.45) is 0. The molecule has 29 heavy (non-hydrogen) atoms. The molecule has 0 fully saturated rings. The van der Waals surface area contributed by atoms with Gasteiger partial charge in [0.15, 0.2) is 6.61 Å². The molecular weight excluding hydrogens is 360 g/mol. The van der Waals surface area contributed by atoms with Gasteiger partial charge in [0.05, 0.1) is 0 Å². The minimum Gasteiger partial charge on any atom is -0.483 e. The minimum absolute atomic E-state index is 0.0154. The summed E-state index contributed by atoms with van der Waals surface area (Å²) in [5, 5.41) is 5.31. The first-order chi connectivity index (χ1) is 14.1. The number of ether oxygens (including phenoxy) is 1. The standard InChI is InChI=1S/C25H26N2O2/c1-4-27-22-11-7-5-10-20(22)21-15-18(13-14-23(21)27)26-25(28)16-29-24-12-8-6-9-19(24)17(2)3/h5-15,17H,4,16H2,1-3H3,(H,26,28). The highest BCUT2D eigenvalue weighted by Gasteiger charge is 2.12. The van der Waals surface area contributed by atoms with Crippen molar-refractivity contribution in [1.29, 1.82) is 0 Å². The van der Waals surface area contributed by atoms with E-state index in [1.54, 1.807) is 0 Å². The Kier molecular flexibility index (Phi) is 5.26. The van der Waals surface area contributed by atoms with Crippen LogP contribution in [0.1, 0.15) is 32.3 Å². The fourth-order valence-corrected chi connectivity index (χ4v) is 3.90. The average molecular weight is 386 g/mol. The third kappa shape index (κ3) is 3.70. The van der Waals surface area contributed by atoms with Crippen molar-refractivity contribution in [3.63, 3.8) is 0 Å². The van der Waals surface area contributed by atoms with Gasteiger partial charge in [0, 0.05) is 34.0 Å². The molecule has 0 aliphatic rings. The molecule has 1 amide bonds. The van der Waals surface area contributed by atoms with Gasteiger partial charge < -0.3 is 14.6 Å². The predicted molar refractivity (Wildman–Crippen MR) is 120 cm³/mol. The highest BCUT2D eigenvalue weighted by molar-refractivity contribution is 6.09. The average Bonchev–Trinajstić information content (AvgIpc) is 3.05. The zero-order chi connectivity index (χ0) is 20.4. The number of hydrogen-bond donors (Lipinski definition) is 1. The summed E-state index contributed by atoms with van der Waals surface area (Å²) in [6, 6.07) is 22.3. The van der Waals surface area contributed by atoms with Crippen LogP contribution in [0.5, 0.6) is 5.75 Å². The van der Waals surface area contributed by atoms with E-state index in [2.05, 4.69) is 54.9 Å². The molecular formula is C25H26N2O2. The molecule has 4 nitrogen and oxygen atoms in total. The summed E-state index contributed by atoms with van der Waals surface area (Å²) >= 11 is 0. The Bertz CT molecular complexity index is 1170. The first-order valence-electron chi connectivity index (χ1n) is 10.1. The van der Waals surface area contributed by atoms with Gasteiger partial charge in [-0.3, -0.25) is 4.79 Å². The van der Waals surface area contributed by atoms with Gasteiger partial charge >= 0.3 is 0 Å². The lowest BCUT2D eigenvalue weighted by Crippen LogP contribution is -2.20. The smallest absolute Gasteiger partial charge is 0.262 e. The van der Waals surface area contributed by atoms with Crippen LogP contribution in [-0.2, 0) is 11.3 Å². The van der Waals surface area contributed by atoms with Crippen molar-refractivity contribution in [2.75, 3.05) is 11.9 Å². The molecule has 0 saturated heterocycles. The SMILES string of the molecule is CCn1c2ccccc2c2cc(NC(=O)COc3ccccc3C(C)C)ccc21. The molecule has 4 aromatic rings. The van der Waals surface area contributed by atoms with Crippen LogP contribution in [0.15, 0.2) is 66.7 Å². The highest BCUT2D eigenvalue weighted by atomic mass is 16.5. The number of carbonyl (C=O) groups is 1. The summed E-state index contributed by atoms with van der Waals surface area (Å²) in [5.41, 5.74) is 4.27. The van der Waals surface area contributed by atoms with E-state index in [1.807, 2.05) is 42.5 Å². The minimum atomic E-state index is -0.165. The van der Waals surface area contributed by atoms with Crippen molar-refractivity contribution in [2.45, 2.75) is 33.2 Å². The molecule has 0 aliphatic heterocycles. The Morgan fingerprint density at radius 1 is 0.966 bits per heavy atom. The number of nitrogens with one attached hydrogen (secondary N) is 1. The van der Waals surface area contributed by atoms with Crippen molar-refractivity contribution < 1.29 is 9.53 Å². The normalized spacial score (nSPS) is 11.3. The zero-order valence-corrected chi connectivity index (χ0v) is 17.1. The topological polar surface area (TPSA) is 43.3 Å². The number of carbonyl (C=O) groups excluding carboxylic acids is 1. The van der Waals surface area contributed by atoms with E-state index in [0.717, 1.165) is 28.9 Å². The van der Waals surface area contributed by atoms with Crippen molar-refractivity contribution in [3.05, 3.63) is 72.3 Å². The molecule has 1 aromatic heterocycles. The van der Waals surface area contributed by atoms with Gasteiger partial charge in [0.1, 0.15) is 5.75 Å². The number of hydrogen-bond acceptors (Lipinski definition) is 2. The molecule has 1 N–H and O–H groups in total. The summed E-state index contributed by atoms with van der Waals surface area (Å²) < 4.78 is 8.09.